The Balaban J connectivity index is 2.92. The smallest absolute Gasteiger partial charge is 0.211 e. The molecule has 0 atom stereocenters. The predicted molar refractivity (Wildman–Crippen MR) is 79.5 cm³/mol. The summed E-state index contributed by atoms with van der Waals surface area (Å²) in [6.45, 7) is 1.97. The van der Waals surface area contributed by atoms with Gasteiger partial charge in [0.15, 0.2) is 5.11 Å². The molecule has 0 bridgehead atoms. The van der Waals surface area contributed by atoms with E-state index in [0.717, 1.165) is 23.4 Å². The summed E-state index contributed by atoms with van der Waals surface area (Å²) in [7, 11) is 0. The van der Waals surface area contributed by atoms with Crippen LogP contribution < -0.4 is 22.5 Å². The molecule has 0 unspecified atom stereocenters. The Bertz CT molecular complexity index is 473. The van der Waals surface area contributed by atoms with Crippen molar-refractivity contribution >= 4 is 34.7 Å². The molecular formula is C11H16N6S. The lowest BCUT2D eigenvalue weighted by Gasteiger charge is -2.06. The molecule has 96 valence electrons. The van der Waals surface area contributed by atoms with Gasteiger partial charge in [-0.1, -0.05) is 19.1 Å². The second kappa shape index (κ2) is 6.55. The van der Waals surface area contributed by atoms with Crippen molar-refractivity contribution in [3.63, 3.8) is 0 Å². The molecule has 1 aromatic carbocycles. The van der Waals surface area contributed by atoms with Crippen molar-refractivity contribution in [3.8, 4) is 0 Å². The van der Waals surface area contributed by atoms with E-state index >= 15 is 0 Å². The van der Waals surface area contributed by atoms with Gasteiger partial charge in [-0.2, -0.15) is 5.10 Å². The minimum atomic E-state index is -0.0623. The fourth-order valence-corrected chi connectivity index (χ4v) is 1.46. The van der Waals surface area contributed by atoms with E-state index < -0.39 is 0 Å². The summed E-state index contributed by atoms with van der Waals surface area (Å²) < 4.78 is 0. The highest BCUT2D eigenvalue weighted by Gasteiger charge is 2.01. The van der Waals surface area contributed by atoms with Crippen LogP contribution in [0.5, 0.6) is 0 Å². The molecule has 0 aromatic heterocycles. The molecule has 18 heavy (non-hydrogen) atoms. The first-order valence-corrected chi connectivity index (χ1v) is 5.76. The molecule has 1 rings (SSSR count). The Morgan fingerprint density at radius 1 is 1.17 bits per heavy atom. The summed E-state index contributed by atoms with van der Waals surface area (Å²) in [5.74, 6) is -0.0623. The van der Waals surface area contributed by atoms with Crippen LogP contribution in [-0.2, 0) is 0 Å². The van der Waals surface area contributed by atoms with Gasteiger partial charge in [0.05, 0.1) is 5.71 Å². The molecule has 0 heterocycles. The lowest BCUT2D eigenvalue weighted by Crippen LogP contribution is -2.22. The van der Waals surface area contributed by atoms with Crippen molar-refractivity contribution in [2.75, 3.05) is 5.32 Å². The lowest BCUT2D eigenvalue weighted by atomic mass is 10.1. The van der Waals surface area contributed by atoms with Crippen LogP contribution in [0.15, 0.2) is 34.5 Å². The van der Waals surface area contributed by atoms with E-state index in [-0.39, 0.29) is 11.1 Å². The number of nitrogens with zero attached hydrogens (tertiary/aromatic N) is 2. The van der Waals surface area contributed by atoms with Crippen molar-refractivity contribution in [3.05, 3.63) is 29.8 Å². The third kappa shape index (κ3) is 4.38. The largest absolute Gasteiger partial charge is 0.376 e. The molecule has 7 N–H and O–H groups in total. The van der Waals surface area contributed by atoms with Gasteiger partial charge in [-0.25, -0.2) is 0 Å². The third-order valence-electron chi connectivity index (χ3n) is 2.11. The molecule has 0 aliphatic rings. The minimum Gasteiger partial charge on any atom is -0.376 e. The second-order valence-corrected chi connectivity index (χ2v) is 3.93. The van der Waals surface area contributed by atoms with Crippen LogP contribution in [0, 0.1) is 0 Å². The molecule has 0 radical (unpaired) electrons. The fourth-order valence-electron chi connectivity index (χ4n) is 1.34. The Kier molecular flexibility index (Phi) is 5.06. The summed E-state index contributed by atoms with van der Waals surface area (Å²) in [4.78, 5) is 0. The maximum Gasteiger partial charge on any atom is 0.211 e. The number of benzene rings is 1. The van der Waals surface area contributed by atoms with E-state index in [1.165, 1.54) is 0 Å². The van der Waals surface area contributed by atoms with Crippen LogP contribution in [-0.4, -0.2) is 16.8 Å². The van der Waals surface area contributed by atoms with E-state index in [1.54, 1.807) is 0 Å². The number of nitrogens with two attached hydrogens (primary N) is 3. The van der Waals surface area contributed by atoms with Gasteiger partial charge in [0, 0.05) is 5.69 Å². The van der Waals surface area contributed by atoms with Crippen LogP contribution in [0.25, 0.3) is 0 Å². The highest BCUT2D eigenvalue weighted by molar-refractivity contribution is 7.80. The Labute approximate surface area is 111 Å². The Morgan fingerprint density at radius 2 is 1.78 bits per heavy atom. The molecule has 0 amide bonds. The number of hydrogen-bond acceptors (Lipinski definition) is 3. The monoisotopic (exact) mass is 264 g/mol. The SMILES string of the molecule is CC/C(=N\N=C(N)N)c1ccc(NC(N)=S)cc1. The summed E-state index contributed by atoms with van der Waals surface area (Å²) in [5, 5.41) is 10.7. The van der Waals surface area contributed by atoms with Gasteiger partial charge in [0.25, 0.3) is 0 Å². The highest BCUT2D eigenvalue weighted by atomic mass is 32.1. The van der Waals surface area contributed by atoms with Crippen LogP contribution in [0.4, 0.5) is 5.69 Å². The van der Waals surface area contributed by atoms with Crippen molar-refractivity contribution in [1.82, 2.24) is 0 Å². The molecule has 0 aliphatic carbocycles. The first-order valence-electron chi connectivity index (χ1n) is 5.35. The van der Waals surface area contributed by atoms with Crippen molar-refractivity contribution in [2.24, 2.45) is 27.4 Å². The molecular weight excluding hydrogens is 248 g/mol. The Morgan fingerprint density at radius 3 is 2.22 bits per heavy atom. The van der Waals surface area contributed by atoms with Gasteiger partial charge in [-0.15, -0.1) is 5.10 Å². The summed E-state index contributed by atoms with van der Waals surface area (Å²) in [6.07, 6.45) is 0.721. The van der Waals surface area contributed by atoms with E-state index in [1.807, 2.05) is 31.2 Å². The number of guanidine groups is 1. The normalized spacial score (nSPS) is 10.8. The van der Waals surface area contributed by atoms with Gasteiger partial charge >= 0.3 is 0 Å². The quantitative estimate of drug-likeness (QED) is 0.277. The van der Waals surface area contributed by atoms with E-state index in [9.17, 15) is 0 Å². The van der Waals surface area contributed by atoms with Gasteiger partial charge in [0.1, 0.15) is 0 Å². The zero-order chi connectivity index (χ0) is 13.5. The third-order valence-corrected chi connectivity index (χ3v) is 2.21. The lowest BCUT2D eigenvalue weighted by molar-refractivity contribution is 1.15. The Hall–Kier alpha value is -2.15. The van der Waals surface area contributed by atoms with Gasteiger partial charge in [-0.3, -0.25) is 0 Å². The average molecular weight is 264 g/mol. The summed E-state index contributed by atoms with van der Waals surface area (Å²) >= 11 is 4.75. The first-order chi connectivity index (χ1) is 8.52. The number of hydrogen-bond donors (Lipinski definition) is 4. The highest BCUT2D eigenvalue weighted by Crippen LogP contribution is 2.11. The van der Waals surface area contributed by atoms with Crippen molar-refractivity contribution < 1.29 is 0 Å². The number of anilines is 1. The first kappa shape index (κ1) is 13.9. The van der Waals surface area contributed by atoms with Crippen LogP contribution in [0.2, 0.25) is 0 Å². The molecule has 0 saturated carbocycles. The van der Waals surface area contributed by atoms with Gasteiger partial charge in [-0.05, 0) is 36.3 Å². The van der Waals surface area contributed by atoms with Crippen LogP contribution in [0.1, 0.15) is 18.9 Å². The van der Waals surface area contributed by atoms with Crippen LogP contribution in [0.3, 0.4) is 0 Å². The molecule has 0 saturated heterocycles. The molecule has 0 aliphatic heterocycles. The average Bonchev–Trinajstić information content (AvgIpc) is 2.31. The standard InChI is InChI=1S/C11H16N6S/c1-2-9(16-17-10(12)13)7-3-5-8(6-4-7)15-11(14)18/h3-6H,2H2,1H3,(H4,12,13,17)(H3,14,15,18)/b16-9+. The predicted octanol–water partition coefficient (Wildman–Crippen LogP) is 0.730. The van der Waals surface area contributed by atoms with Crippen molar-refractivity contribution in [1.29, 1.82) is 0 Å². The molecule has 0 fully saturated rings. The maximum atomic E-state index is 5.38. The van der Waals surface area contributed by atoms with E-state index in [2.05, 4.69) is 15.5 Å². The summed E-state index contributed by atoms with van der Waals surface area (Å²) in [6, 6.07) is 7.50. The molecule has 7 heteroatoms. The summed E-state index contributed by atoms with van der Waals surface area (Å²) in [5.41, 5.74) is 18.4. The minimum absolute atomic E-state index is 0.0623. The van der Waals surface area contributed by atoms with Gasteiger partial charge in [0.2, 0.25) is 5.96 Å². The zero-order valence-electron chi connectivity index (χ0n) is 10.1. The molecule has 0 spiro atoms. The molecule has 1 aromatic rings. The van der Waals surface area contributed by atoms with Crippen molar-refractivity contribution in [2.45, 2.75) is 13.3 Å². The second-order valence-electron chi connectivity index (χ2n) is 3.49. The number of rotatable bonds is 4. The van der Waals surface area contributed by atoms with Crippen LogP contribution >= 0.6 is 12.2 Å². The van der Waals surface area contributed by atoms with Gasteiger partial charge < -0.3 is 22.5 Å². The maximum absolute atomic E-state index is 5.38. The van der Waals surface area contributed by atoms with E-state index in [4.69, 9.17) is 29.4 Å². The number of thiocarbonyl (C=S) groups is 1. The van der Waals surface area contributed by atoms with E-state index in [0.29, 0.717) is 0 Å². The topological polar surface area (TPSA) is 115 Å². The zero-order valence-corrected chi connectivity index (χ0v) is 10.9. The number of nitrogens with one attached hydrogen (secondary N) is 1. The molecule has 6 nitrogen and oxygen atoms in total. The fraction of sp³-hybridized carbons (Fsp3) is 0.182.